The van der Waals surface area contributed by atoms with Crippen LogP contribution in [0.2, 0.25) is 15.1 Å². The van der Waals surface area contributed by atoms with Gasteiger partial charge in [0.15, 0.2) is 0 Å². The third-order valence-corrected chi connectivity index (χ3v) is 9.10. The molecule has 2 aromatic carbocycles. The quantitative estimate of drug-likeness (QED) is 0.289. The molecule has 0 saturated heterocycles. The van der Waals surface area contributed by atoms with Gasteiger partial charge in [0.1, 0.15) is 11.8 Å². The molecule has 1 aliphatic carbocycles. The molecule has 2 aromatic rings. The first-order valence-corrected chi connectivity index (χ1v) is 16.3. The van der Waals surface area contributed by atoms with Gasteiger partial charge < -0.3 is 15.0 Å². The van der Waals surface area contributed by atoms with Crippen LogP contribution < -0.4 is 14.4 Å². The summed E-state index contributed by atoms with van der Waals surface area (Å²) in [7, 11) is -2.19. The summed E-state index contributed by atoms with van der Waals surface area (Å²) in [6.45, 7) is 2.03. The fourth-order valence-corrected chi connectivity index (χ4v) is 6.61. The number of anilines is 1. The smallest absolute Gasteiger partial charge is 0.243 e. The van der Waals surface area contributed by atoms with Crippen molar-refractivity contribution in [3.05, 3.63) is 57.0 Å². The molecule has 1 unspecified atom stereocenters. The van der Waals surface area contributed by atoms with E-state index in [1.54, 1.807) is 30.3 Å². The highest BCUT2D eigenvalue weighted by Crippen LogP contribution is 2.31. The lowest BCUT2D eigenvalue weighted by molar-refractivity contribution is -0.141. The van der Waals surface area contributed by atoms with E-state index in [9.17, 15) is 18.0 Å². The van der Waals surface area contributed by atoms with Crippen LogP contribution in [0.25, 0.3) is 0 Å². The number of carbonyl (C=O) groups excluding carboxylic acids is 2. The van der Waals surface area contributed by atoms with Crippen molar-refractivity contribution in [1.82, 2.24) is 10.2 Å². The highest BCUT2D eigenvalue weighted by Gasteiger charge is 2.31. The van der Waals surface area contributed by atoms with Gasteiger partial charge in [0.2, 0.25) is 21.8 Å². The molecule has 220 valence electrons. The predicted molar refractivity (Wildman–Crippen MR) is 161 cm³/mol. The molecule has 1 aliphatic rings. The minimum atomic E-state index is -3.66. The van der Waals surface area contributed by atoms with Gasteiger partial charge in [-0.2, -0.15) is 0 Å². The molecular formula is C28H36Cl3N3O5S. The summed E-state index contributed by atoms with van der Waals surface area (Å²) in [5, 5.41) is 4.25. The van der Waals surface area contributed by atoms with E-state index in [1.807, 2.05) is 6.92 Å². The van der Waals surface area contributed by atoms with Gasteiger partial charge in [-0.05, 0) is 61.6 Å². The summed E-state index contributed by atoms with van der Waals surface area (Å²) in [6.07, 6.45) is 5.75. The first kappa shape index (κ1) is 32.3. The first-order chi connectivity index (χ1) is 18.9. The number of nitrogens with one attached hydrogen (secondary N) is 1. The van der Waals surface area contributed by atoms with Crippen LogP contribution in [-0.2, 0) is 26.2 Å². The number of rotatable bonds is 13. The lowest BCUT2D eigenvalue weighted by Gasteiger charge is -2.32. The number of carbonyl (C=O) groups is 2. The average Bonchev–Trinajstić information content (AvgIpc) is 3.39. The zero-order valence-corrected chi connectivity index (χ0v) is 26.0. The number of sulfonamides is 1. The lowest BCUT2D eigenvalue weighted by Crippen LogP contribution is -2.51. The molecule has 0 bridgehead atoms. The van der Waals surface area contributed by atoms with E-state index in [4.69, 9.17) is 39.5 Å². The molecule has 0 radical (unpaired) electrons. The van der Waals surface area contributed by atoms with Crippen molar-refractivity contribution in [1.29, 1.82) is 0 Å². The molecule has 3 rings (SSSR count). The Morgan fingerprint density at radius 2 is 1.77 bits per heavy atom. The first-order valence-electron chi connectivity index (χ1n) is 13.3. The summed E-state index contributed by atoms with van der Waals surface area (Å²) in [5.74, 6) is -0.0499. The highest BCUT2D eigenvalue weighted by atomic mass is 35.5. The Balaban J connectivity index is 1.79. The van der Waals surface area contributed by atoms with Crippen molar-refractivity contribution in [2.75, 3.05) is 24.2 Å². The fraction of sp³-hybridized carbons (Fsp3) is 0.500. The SMILES string of the molecule is CCC(C(=O)NC1CCCC1)N(Cc1ccc(Cl)cc1Cl)C(=O)CCCN(c1ccc(OC)c(Cl)c1)S(C)(=O)=O. The second-order valence-electron chi connectivity index (χ2n) is 9.93. The van der Waals surface area contributed by atoms with Gasteiger partial charge in [0.05, 0.1) is 24.1 Å². The molecule has 0 aromatic heterocycles. The molecule has 1 saturated carbocycles. The molecule has 2 amide bonds. The second kappa shape index (κ2) is 14.6. The summed E-state index contributed by atoms with van der Waals surface area (Å²) in [4.78, 5) is 28.5. The lowest BCUT2D eigenvalue weighted by atomic mass is 10.1. The Bertz CT molecular complexity index is 1300. The Morgan fingerprint density at radius 1 is 1.07 bits per heavy atom. The van der Waals surface area contributed by atoms with E-state index >= 15 is 0 Å². The maximum atomic E-state index is 13.6. The third-order valence-electron chi connectivity index (χ3n) is 7.02. The summed E-state index contributed by atoms with van der Waals surface area (Å²) >= 11 is 18.7. The Labute approximate surface area is 251 Å². The summed E-state index contributed by atoms with van der Waals surface area (Å²) in [5.41, 5.74) is 1.03. The number of methoxy groups -OCH3 is 1. The van der Waals surface area contributed by atoms with Crippen LogP contribution in [0.5, 0.6) is 5.75 Å². The number of hydrogen-bond acceptors (Lipinski definition) is 5. The van der Waals surface area contributed by atoms with E-state index in [0.29, 0.717) is 33.5 Å². The van der Waals surface area contributed by atoms with Crippen LogP contribution in [0.4, 0.5) is 5.69 Å². The van der Waals surface area contributed by atoms with Crippen LogP contribution in [-0.4, -0.2) is 57.1 Å². The van der Waals surface area contributed by atoms with Crippen molar-refractivity contribution >= 4 is 62.3 Å². The standard InChI is InChI=1S/C28H36Cl3N3O5S/c1-4-25(28(36)32-21-8-5-6-9-21)33(18-19-11-12-20(29)16-23(19)30)27(35)10-7-15-34(40(3,37)38)22-13-14-26(39-2)24(31)17-22/h11-14,16-17,21,25H,4-10,15,18H2,1-3H3,(H,32,36). The van der Waals surface area contributed by atoms with Crippen molar-refractivity contribution in [3.63, 3.8) is 0 Å². The fourth-order valence-electron chi connectivity index (χ4n) is 4.93. The average molecular weight is 633 g/mol. The second-order valence-corrected chi connectivity index (χ2v) is 13.1. The molecule has 1 atom stereocenters. The van der Waals surface area contributed by atoms with Gasteiger partial charge in [0, 0.05) is 35.6 Å². The predicted octanol–water partition coefficient (Wildman–Crippen LogP) is 6.07. The zero-order chi connectivity index (χ0) is 29.4. The summed E-state index contributed by atoms with van der Waals surface area (Å²) in [6, 6.07) is 9.14. The van der Waals surface area contributed by atoms with Gasteiger partial charge in [-0.1, -0.05) is 60.6 Å². The number of amides is 2. The van der Waals surface area contributed by atoms with Crippen molar-refractivity contribution in [3.8, 4) is 5.75 Å². The summed E-state index contributed by atoms with van der Waals surface area (Å²) < 4.78 is 31.6. The van der Waals surface area contributed by atoms with Crippen LogP contribution in [0, 0.1) is 0 Å². The molecule has 0 heterocycles. The third kappa shape index (κ3) is 8.65. The van der Waals surface area contributed by atoms with Crippen LogP contribution in [0.3, 0.4) is 0 Å². The van der Waals surface area contributed by atoms with E-state index in [-0.39, 0.29) is 48.8 Å². The number of nitrogens with zero attached hydrogens (tertiary/aromatic N) is 2. The highest BCUT2D eigenvalue weighted by molar-refractivity contribution is 7.92. The molecule has 8 nitrogen and oxygen atoms in total. The topological polar surface area (TPSA) is 96.0 Å². The Hall–Kier alpha value is -2.20. The van der Waals surface area contributed by atoms with E-state index in [2.05, 4.69) is 5.32 Å². The van der Waals surface area contributed by atoms with Gasteiger partial charge in [-0.25, -0.2) is 8.42 Å². The molecule has 12 heteroatoms. The van der Waals surface area contributed by atoms with Crippen LogP contribution >= 0.6 is 34.8 Å². The molecule has 0 aliphatic heterocycles. The number of halogens is 3. The van der Waals surface area contributed by atoms with E-state index in [0.717, 1.165) is 31.9 Å². The molecule has 0 spiro atoms. The molecular weight excluding hydrogens is 597 g/mol. The maximum Gasteiger partial charge on any atom is 0.243 e. The Kier molecular flexibility index (Phi) is 11.8. The van der Waals surface area contributed by atoms with Crippen LogP contribution in [0.1, 0.15) is 57.4 Å². The van der Waals surface area contributed by atoms with Gasteiger partial charge in [-0.3, -0.25) is 13.9 Å². The van der Waals surface area contributed by atoms with Crippen molar-refractivity contribution < 1.29 is 22.7 Å². The van der Waals surface area contributed by atoms with Crippen molar-refractivity contribution in [2.24, 2.45) is 0 Å². The number of benzene rings is 2. The van der Waals surface area contributed by atoms with E-state index in [1.165, 1.54) is 22.4 Å². The van der Waals surface area contributed by atoms with Gasteiger partial charge in [-0.15, -0.1) is 0 Å². The van der Waals surface area contributed by atoms with Gasteiger partial charge in [0.25, 0.3) is 0 Å². The number of hydrogen-bond donors (Lipinski definition) is 1. The van der Waals surface area contributed by atoms with Crippen LogP contribution in [0.15, 0.2) is 36.4 Å². The Morgan fingerprint density at radius 3 is 2.35 bits per heavy atom. The maximum absolute atomic E-state index is 13.6. The monoisotopic (exact) mass is 631 g/mol. The normalized spacial score (nSPS) is 14.6. The number of ether oxygens (including phenoxy) is 1. The zero-order valence-electron chi connectivity index (χ0n) is 23.0. The van der Waals surface area contributed by atoms with Crippen molar-refractivity contribution in [2.45, 2.75) is 70.5 Å². The molecule has 1 N–H and O–H groups in total. The largest absolute Gasteiger partial charge is 0.495 e. The van der Waals surface area contributed by atoms with Gasteiger partial charge >= 0.3 is 0 Å². The molecule has 1 fully saturated rings. The minimum absolute atomic E-state index is 0.0221. The molecule has 40 heavy (non-hydrogen) atoms. The minimum Gasteiger partial charge on any atom is -0.495 e. The van der Waals surface area contributed by atoms with E-state index < -0.39 is 16.1 Å².